The third-order valence-electron chi connectivity index (χ3n) is 8.31. The van der Waals surface area contributed by atoms with Crippen LogP contribution in [-0.4, -0.2) is 55.2 Å². The Kier molecular flexibility index (Phi) is 4.06. The van der Waals surface area contributed by atoms with Gasteiger partial charge in [-0.05, 0) is 54.4 Å². The van der Waals surface area contributed by atoms with Crippen molar-refractivity contribution in [2.75, 3.05) is 49.1 Å². The molecule has 2 atom stereocenters. The largest absolute Gasteiger partial charge is 0.370 e. The molecular weight excluding hydrogens is 408 g/mol. The molecule has 6 nitrogen and oxygen atoms in total. The molecule has 0 unspecified atom stereocenters. The van der Waals surface area contributed by atoms with Gasteiger partial charge in [0, 0.05) is 80.2 Å². The molecule has 4 aliphatic heterocycles. The van der Waals surface area contributed by atoms with Crippen LogP contribution in [0.4, 0.5) is 11.4 Å². The SMILES string of the molecule is C[C@@H]1CN(c2ccc(C#N)c3ncccc23)C[C@@H]2c3ccc(N4CC5(CNC5)C4)cc3CN12. The Morgan fingerprint density at radius 1 is 1.09 bits per heavy atom. The number of benzene rings is 2. The molecule has 3 saturated heterocycles. The molecule has 3 fully saturated rings. The first-order chi connectivity index (χ1) is 16.1. The lowest BCUT2D eigenvalue weighted by molar-refractivity contribution is 0.121. The smallest absolute Gasteiger partial charge is 0.101 e. The van der Waals surface area contributed by atoms with Crippen LogP contribution in [0.2, 0.25) is 0 Å². The van der Waals surface area contributed by atoms with E-state index in [2.05, 4.69) is 68.3 Å². The molecule has 0 radical (unpaired) electrons. The molecule has 0 bridgehead atoms. The van der Waals surface area contributed by atoms with Gasteiger partial charge in [0.15, 0.2) is 0 Å². The Hall–Kier alpha value is -3.14. The minimum absolute atomic E-state index is 0.402. The van der Waals surface area contributed by atoms with Crippen LogP contribution < -0.4 is 15.1 Å². The van der Waals surface area contributed by atoms with Crippen molar-refractivity contribution in [3.05, 3.63) is 65.4 Å². The van der Waals surface area contributed by atoms with Crippen molar-refractivity contribution in [1.29, 1.82) is 5.26 Å². The quantitative estimate of drug-likeness (QED) is 0.665. The van der Waals surface area contributed by atoms with Gasteiger partial charge in [-0.1, -0.05) is 6.07 Å². The first-order valence-electron chi connectivity index (χ1n) is 12.0. The highest BCUT2D eigenvalue weighted by molar-refractivity contribution is 5.95. The summed E-state index contributed by atoms with van der Waals surface area (Å²) in [6.07, 6.45) is 1.78. The molecule has 2 aromatic carbocycles. The molecule has 33 heavy (non-hydrogen) atoms. The summed E-state index contributed by atoms with van der Waals surface area (Å²) in [6.45, 7) is 10.1. The van der Waals surface area contributed by atoms with E-state index in [1.54, 1.807) is 6.20 Å². The number of nitrogens with zero attached hydrogens (tertiary/aromatic N) is 5. The zero-order valence-electron chi connectivity index (χ0n) is 19.0. The first kappa shape index (κ1) is 19.3. The number of fused-ring (bicyclic) bond motifs is 4. The average Bonchev–Trinajstić information content (AvgIpc) is 3.15. The second-order valence-electron chi connectivity index (χ2n) is 10.4. The number of hydrogen-bond donors (Lipinski definition) is 1. The van der Waals surface area contributed by atoms with Crippen LogP contribution in [0.15, 0.2) is 48.7 Å². The van der Waals surface area contributed by atoms with Crippen LogP contribution in [0, 0.1) is 16.7 Å². The maximum Gasteiger partial charge on any atom is 0.101 e. The predicted octanol–water partition coefficient (Wildman–Crippen LogP) is 3.28. The van der Waals surface area contributed by atoms with Crippen molar-refractivity contribution in [3.63, 3.8) is 0 Å². The third kappa shape index (κ3) is 2.82. The van der Waals surface area contributed by atoms with Gasteiger partial charge in [-0.2, -0.15) is 5.26 Å². The Balaban J connectivity index is 1.19. The summed E-state index contributed by atoms with van der Waals surface area (Å²) in [5.41, 5.74) is 7.54. The fourth-order valence-corrected chi connectivity index (χ4v) is 6.48. The summed E-state index contributed by atoms with van der Waals surface area (Å²) in [6, 6.07) is 18.4. The Morgan fingerprint density at radius 3 is 2.76 bits per heavy atom. The van der Waals surface area contributed by atoms with E-state index in [1.165, 1.54) is 48.7 Å². The van der Waals surface area contributed by atoms with E-state index in [9.17, 15) is 5.26 Å². The van der Waals surface area contributed by atoms with Crippen molar-refractivity contribution in [2.24, 2.45) is 5.41 Å². The number of nitriles is 1. The monoisotopic (exact) mass is 436 g/mol. The molecule has 7 rings (SSSR count). The van der Waals surface area contributed by atoms with Gasteiger partial charge in [0.1, 0.15) is 6.07 Å². The van der Waals surface area contributed by atoms with Gasteiger partial charge in [-0.25, -0.2) is 0 Å². The molecular formula is C27H28N6. The summed E-state index contributed by atoms with van der Waals surface area (Å²) >= 11 is 0. The number of pyridine rings is 1. The fraction of sp³-hybridized carbons (Fsp3) is 0.407. The van der Waals surface area contributed by atoms with Crippen LogP contribution in [0.3, 0.4) is 0 Å². The van der Waals surface area contributed by atoms with E-state index in [0.29, 0.717) is 23.1 Å². The normalized spacial score (nSPS) is 25.3. The highest BCUT2D eigenvalue weighted by Crippen LogP contribution is 2.44. The van der Waals surface area contributed by atoms with Crippen LogP contribution in [-0.2, 0) is 6.54 Å². The first-order valence-corrected chi connectivity index (χ1v) is 12.0. The number of piperazine rings is 1. The fourth-order valence-electron chi connectivity index (χ4n) is 6.48. The molecule has 3 aromatic rings. The van der Waals surface area contributed by atoms with Crippen molar-refractivity contribution in [1.82, 2.24) is 15.2 Å². The van der Waals surface area contributed by atoms with Gasteiger partial charge in [-0.3, -0.25) is 9.88 Å². The van der Waals surface area contributed by atoms with E-state index in [-0.39, 0.29) is 0 Å². The molecule has 1 spiro atoms. The van der Waals surface area contributed by atoms with Crippen LogP contribution in [0.1, 0.15) is 29.7 Å². The Morgan fingerprint density at radius 2 is 1.97 bits per heavy atom. The van der Waals surface area contributed by atoms with Gasteiger partial charge >= 0.3 is 0 Å². The minimum Gasteiger partial charge on any atom is -0.370 e. The summed E-state index contributed by atoms with van der Waals surface area (Å²) < 4.78 is 0. The van der Waals surface area contributed by atoms with Gasteiger partial charge in [0.05, 0.1) is 17.1 Å². The molecule has 0 saturated carbocycles. The number of anilines is 2. The topological polar surface area (TPSA) is 58.4 Å². The summed E-state index contributed by atoms with van der Waals surface area (Å²) in [5.74, 6) is 0. The molecule has 6 heteroatoms. The minimum atomic E-state index is 0.402. The van der Waals surface area contributed by atoms with Crippen LogP contribution in [0.5, 0.6) is 0 Å². The maximum atomic E-state index is 9.52. The number of aromatic nitrogens is 1. The van der Waals surface area contributed by atoms with E-state index in [0.717, 1.165) is 30.5 Å². The Labute approximate surface area is 194 Å². The second kappa shape index (κ2) is 6.93. The van der Waals surface area contributed by atoms with Crippen LogP contribution >= 0.6 is 0 Å². The van der Waals surface area contributed by atoms with E-state index < -0.39 is 0 Å². The van der Waals surface area contributed by atoms with E-state index >= 15 is 0 Å². The summed E-state index contributed by atoms with van der Waals surface area (Å²) in [4.78, 5) is 12.2. The lowest BCUT2D eigenvalue weighted by Gasteiger charge is -2.57. The van der Waals surface area contributed by atoms with Gasteiger partial charge < -0.3 is 15.1 Å². The standard InChI is InChI=1S/C27H28N6/c1-18-11-31(24-7-4-19(10-28)26-23(24)3-2-8-30-26)13-25-22-6-5-21(9-20(22)12-33(18)25)32-16-27(17-32)14-29-15-27/h2-9,18,25,29H,11-17H2,1H3/t18-,25-/m1/s1. The average molecular weight is 437 g/mol. The molecule has 1 aromatic heterocycles. The number of rotatable bonds is 2. The number of hydrogen-bond acceptors (Lipinski definition) is 6. The second-order valence-corrected chi connectivity index (χ2v) is 10.4. The zero-order valence-corrected chi connectivity index (χ0v) is 19.0. The third-order valence-corrected chi connectivity index (χ3v) is 8.31. The van der Waals surface area contributed by atoms with Gasteiger partial charge in [-0.15, -0.1) is 0 Å². The van der Waals surface area contributed by atoms with E-state index in [4.69, 9.17) is 0 Å². The lowest BCUT2D eigenvalue weighted by atomic mass is 9.74. The van der Waals surface area contributed by atoms with Crippen molar-refractivity contribution >= 4 is 22.3 Å². The van der Waals surface area contributed by atoms with E-state index in [1.807, 2.05) is 12.1 Å². The molecule has 166 valence electrons. The highest BCUT2D eigenvalue weighted by Gasteiger charge is 2.48. The van der Waals surface area contributed by atoms with Crippen molar-refractivity contribution in [3.8, 4) is 6.07 Å². The molecule has 0 amide bonds. The van der Waals surface area contributed by atoms with Crippen LogP contribution in [0.25, 0.3) is 10.9 Å². The molecule has 1 N–H and O–H groups in total. The lowest BCUT2D eigenvalue weighted by Crippen LogP contribution is -2.71. The maximum absolute atomic E-state index is 9.52. The zero-order chi connectivity index (χ0) is 22.2. The summed E-state index contributed by atoms with van der Waals surface area (Å²) in [5, 5.41) is 14.0. The molecule has 0 aliphatic carbocycles. The highest BCUT2D eigenvalue weighted by atomic mass is 15.3. The number of nitrogens with one attached hydrogen (secondary N) is 1. The van der Waals surface area contributed by atoms with Gasteiger partial charge in [0.25, 0.3) is 0 Å². The predicted molar refractivity (Wildman–Crippen MR) is 130 cm³/mol. The van der Waals surface area contributed by atoms with Crippen molar-refractivity contribution in [2.45, 2.75) is 25.6 Å². The van der Waals surface area contributed by atoms with Crippen molar-refractivity contribution < 1.29 is 0 Å². The Bertz CT molecular complexity index is 1300. The summed E-state index contributed by atoms with van der Waals surface area (Å²) in [7, 11) is 0. The molecule has 5 heterocycles. The van der Waals surface area contributed by atoms with Gasteiger partial charge in [0.2, 0.25) is 0 Å². The molecule has 4 aliphatic rings.